The number of hydrogen-bond acceptors (Lipinski definition) is 4. The molecule has 1 aliphatic rings. The molecule has 55 heavy (non-hydrogen) atoms. The highest BCUT2D eigenvalue weighted by Crippen LogP contribution is 2.53. The Labute approximate surface area is 322 Å². The Morgan fingerprint density at radius 2 is 0.836 bits per heavy atom. The Bertz CT molecular complexity index is 2570. The third-order valence-corrected chi connectivity index (χ3v) is 10.8. The van der Waals surface area contributed by atoms with E-state index >= 15 is 0 Å². The molecule has 0 atom stereocenters. The van der Waals surface area contributed by atoms with Crippen LogP contribution in [-0.4, -0.2) is 0 Å². The summed E-state index contributed by atoms with van der Waals surface area (Å²) in [6, 6.07) is 60.3. The molecular formula is C51H40N2O2. The maximum absolute atomic E-state index is 5.76. The van der Waals surface area contributed by atoms with Gasteiger partial charge in [0.05, 0.1) is 23.9 Å². The highest BCUT2D eigenvalue weighted by Gasteiger charge is 2.37. The Kier molecular flexibility index (Phi) is 8.44. The van der Waals surface area contributed by atoms with Gasteiger partial charge in [-0.05, 0) is 93.7 Å². The van der Waals surface area contributed by atoms with Crippen molar-refractivity contribution in [3.8, 4) is 22.6 Å². The molecule has 8 aromatic carbocycles. The van der Waals surface area contributed by atoms with Crippen molar-refractivity contribution >= 4 is 55.7 Å². The van der Waals surface area contributed by atoms with Gasteiger partial charge in [-0.25, -0.2) is 0 Å². The molecule has 0 unspecified atom stereocenters. The van der Waals surface area contributed by atoms with E-state index < -0.39 is 0 Å². The fourth-order valence-corrected chi connectivity index (χ4v) is 8.24. The molecule has 0 bridgehead atoms. The molecule has 0 aromatic heterocycles. The molecule has 0 spiro atoms. The van der Waals surface area contributed by atoms with Crippen LogP contribution in [0, 0.1) is 0 Å². The number of anilines is 6. The van der Waals surface area contributed by atoms with Gasteiger partial charge in [-0.1, -0.05) is 124 Å². The number of hydrogen-bond donors (Lipinski definition) is 0. The zero-order valence-corrected chi connectivity index (χ0v) is 30.9. The van der Waals surface area contributed by atoms with Gasteiger partial charge >= 0.3 is 0 Å². The molecule has 0 saturated heterocycles. The van der Waals surface area contributed by atoms with Gasteiger partial charge in [-0.3, -0.25) is 0 Å². The van der Waals surface area contributed by atoms with E-state index in [9.17, 15) is 0 Å². The molecular weight excluding hydrogens is 673 g/mol. The SMILES string of the molecule is C=COc1cccc(N(c2ccc3c(c2)C(C)(C)c2cc(N(c4cccc(OC=C)c4)c4cccc5ccccc45)ccc2-3)c2cccc3ccccc23)c1. The van der Waals surface area contributed by atoms with Crippen molar-refractivity contribution in [3.05, 3.63) is 207 Å². The standard InChI is InChI=1S/C51H40N2O2/c1-5-54-41-21-13-19-37(31-41)52(49-25-11-17-35-15-7-9-23-43(35)49)39-27-29-45-46-30-28-40(34-48(46)51(3,4)47(45)33-39)53(38-20-14-22-42(32-38)55-6-2)50-26-12-18-36-16-8-10-24-44(36)50/h5-34H,1-2H2,3-4H3. The van der Waals surface area contributed by atoms with Crippen LogP contribution in [0.2, 0.25) is 0 Å². The summed E-state index contributed by atoms with van der Waals surface area (Å²) in [7, 11) is 0. The lowest BCUT2D eigenvalue weighted by Gasteiger charge is -2.30. The molecule has 0 N–H and O–H groups in total. The summed E-state index contributed by atoms with van der Waals surface area (Å²) in [5, 5.41) is 4.71. The summed E-state index contributed by atoms with van der Waals surface area (Å²) in [5.74, 6) is 1.47. The second kappa shape index (κ2) is 13.7. The van der Waals surface area contributed by atoms with E-state index in [2.05, 4.69) is 182 Å². The minimum Gasteiger partial charge on any atom is -0.466 e. The van der Waals surface area contributed by atoms with E-state index in [4.69, 9.17) is 9.47 Å². The van der Waals surface area contributed by atoms with Gasteiger partial charge in [-0.2, -0.15) is 0 Å². The van der Waals surface area contributed by atoms with Gasteiger partial charge in [0.25, 0.3) is 0 Å². The van der Waals surface area contributed by atoms with Crippen LogP contribution in [0.1, 0.15) is 25.0 Å². The normalized spacial score (nSPS) is 12.5. The highest BCUT2D eigenvalue weighted by molar-refractivity contribution is 6.01. The third-order valence-electron chi connectivity index (χ3n) is 10.8. The monoisotopic (exact) mass is 712 g/mol. The summed E-state index contributed by atoms with van der Waals surface area (Å²) in [6.07, 6.45) is 2.94. The van der Waals surface area contributed by atoms with Crippen molar-refractivity contribution in [1.29, 1.82) is 0 Å². The molecule has 266 valence electrons. The van der Waals surface area contributed by atoms with E-state index in [0.29, 0.717) is 0 Å². The lowest BCUT2D eigenvalue weighted by molar-refractivity contribution is 0.483. The molecule has 1 aliphatic carbocycles. The fourth-order valence-electron chi connectivity index (χ4n) is 8.24. The van der Waals surface area contributed by atoms with Crippen LogP contribution in [0.5, 0.6) is 11.5 Å². The average Bonchev–Trinajstić information content (AvgIpc) is 3.44. The summed E-state index contributed by atoms with van der Waals surface area (Å²) < 4.78 is 11.5. The van der Waals surface area contributed by atoms with Crippen LogP contribution < -0.4 is 19.3 Å². The minimum atomic E-state index is -0.298. The summed E-state index contributed by atoms with van der Waals surface area (Å²) in [5.41, 5.74) is 11.1. The Morgan fingerprint density at radius 3 is 1.29 bits per heavy atom. The van der Waals surface area contributed by atoms with Crippen molar-refractivity contribution in [3.63, 3.8) is 0 Å². The molecule has 4 nitrogen and oxygen atoms in total. The molecule has 0 aliphatic heterocycles. The molecule has 0 amide bonds. The van der Waals surface area contributed by atoms with Crippen LogP contribution in [0.4, 0.5) is 34.1 Å². The van der Waals surface area contributed by atoms with E-state index in [0.717, 1.165) is 45.6 Å². The number of nitrogens with zero attached hydrogens (tertiary/aromatic N) is 2. The van der Waals surface area contributed by atoms with Gasteiger partial charge in [0, 0.05) is 51.1 Å². The first-order chi connectivity index (χ1) is 26.9. The van der Waals surface area contributed by atoms with Gasteiger partial charge in [0.1, 0.15) is 11.5 Å². The Morgan fingerprint density at radius 1 is 0.436 bits per heavy atom. The second-order valence-corrected chi connectivity index (χ2v) is 14.3. The van der Waals surface area contributed by atoms with Crippen LogP contribution >= 0.6 is 0 Å². The topological polar surface area (TPSA) is 24.9 Å². The van der Waals surface area contributed by atoms with Gasteiger partial charge in [-0.15, -0.1) is 0 Å². The molecule has 0 radical (unpaired) electrons. The van der Waals surface area contributed by atoms with Crippen molar-refractivity contribution in [2.75, 3.05) is 9.80 Å². The van der Waals surface area contributed by atoms with Crippen LogP contribution in [0.25, 0.3) is 32.7 Å². The first kappa shape index (κ1) is 33.8. The first-order valence-electron chi connectivity index (χ1n) is 18.5. The molecule has 4 heteroatoms. The number of ether oxygens (including phenoxy) is 2. The van der Waals surface area contributed by atoms with Crippen molar-refractivity contribution in [2.24, 2.45) is 0 Å². The number of benzene rings is 8. The Balaban J connectivity index is 1.19. The van der Waals surface area contributed by atoms with Crippen LogP contribution in [0.15, 0.2) is 196 Å². The van der Waals surface area contributed by atoms with E-state index in [1.807, 2.05) is 24.3 Å². The second-order valence-electron chi connectivity index (χ2n) is 14.3. The van der Waals surface area contributed by atoms with Crippen molar-refractivity contribution < 1.29 is 9.47 Å². The zero-order chi connectivity index (χ0) is 37.5. The largest absolute Gasteiger partial charge is 0.466 e. The van der Waals surface area contributed by atoms with E-state index in [1.54, 1.807) is 0 Å². The van der Waals surface area contributed by atoms with Gasteiger partial charge in [0.15, 0.2) is 0 Å². The summed E-state index contributed by atoms with van der Waals surface area (Å²) in [4.78, 5) is 4.67. The molecule has 0 fully saturated rings. The minimum absolute atomic E-state index is 0.298. The summed E-state index contributed by atoms with van der Waals surface area (Å²) >= 11 is 0. The van der Waals surface area contributed by atoms with Crippen molar-refractivity contribution in [1.82, 2.24) is 0 Å². The smallest absolute Gasteiger partial charge is 0.128 e. The molecule has 8 aromatic rings. The zero-order valence-electron chi connectivity index (χ0n) is 30.9. The van der Waals surface area contributed by atoms with Gasteiger partial charge in [0.2, 0.25) is 0 Å². The lowest BCUT2D eigenvalue weighted by Crippen LogP contribution is -2.18. The quantitative estimate of drug-likeness (QED) is 0.132. The summed E-state index contributed by atoms with van der Waals surface area (Å²) in [6.45, 7) is 12.3. The van der Waals surface area contributed by atoms with Gasteiger partial charge < -0.3 is 19.3 Å². The predicted octanol–water partition coefficient (Wildman–Crippen LogP) is 14.3. The fraction of sp³-hybridized carbons (Fsp3) is 0.0588. The molecule has 9 rings (SSSR count). The molecule has 0 heterocycles. The predicted molar refractivity (Wildman–Crippen MR) is 230 cm³/mol. The van der Waals surface area contributed by atoms with Crippen molar-refractivity contribution in [2.45, 2.75) is 19.3 Å². The number of fused-ring (bicyclic) bond motifs is 5. The van der Waals surface area contributed by atoms with E-state index in [-0.39, 0.29) is 5.41 Å². The first-order valence-corrected chi connectivity index (χ1v) is 18.5. The lowest BCUT2D eigenvalue weighted by atomic mass is 9.82. The maximum Gasteiger partial charge on any atom is 0.128 e. The maximum atomic E-state index is 5.76. The third kappa shape index (κ3) is 5.89. The average molecular weight is 713 g/mol. The highest BCUT2D eigenvalue weighted by atomic mass is 16.5. The molecule has 0 saturated carbocycles. The Hall–Kier alpha value is -7.04. The number of rotatable bonds is 10. The van der Waals surface area contributed by atoms with Crippen LogP contribution in [-0.2, 0) is 5.41 Å². The van der Waals surface area contributed by atoms with E-state index in [1.165, 1.54) is 56.3 Å². The van der Waals surface area contributed by atoms with Crippen LogP contribution in [0.3, 0.4) is 0 Å².